The number of H-pyrrole nitrogens is 1. The molecule has 0 bridgehead atoms. The summed E-state index contributed by atoms with van der Waals surface area (Å²) in [7, 11) is 1.65. The molecule has 1 amide bonds. The molecule has 0 spiro atoms. The molecule has 1 heterocycles. The quantitative estimate of drug-likeness (QED) is 0.811. The van der Waals surface area contributed by atoms with Crippen molar-refractivity contribution in [2.45, 2.75) is 46.6 Å². The van der Waals surface area contributed by atoms with Crippen molar-refractivity contribution in [3.8, 4) is 0 Å². The van der Waals surface area contributed by atoms with Gasteiger partial charge in [0.1, 0.15) is 5.69 Å². The standard InChI is InChI=1S/C15H24N2O3/c1-8(2)12-13(11(5)19)10(4)16-14(12)15(20)17(6)9(3)7-18/h8-9,16,18H,7H2,1-6H3. The number of rotatable bonds is 5. The van der Waals surface area contributed by atoms with Gasteiger partial charge in [-0.25, -0.2) is 0 Å². The van der Waals surface area contributed by atoms with Gasteiger partial charge in [-0.1, -0.05) is 13.8 Å². The summed E-state index contributed by atoms with van der Waals surface area (Å²) >= 11 is 0. The number of aliphatic hydroxyl groups excluding tert-OH is 1. The van der Waals surface area contributed by atoms with Gasteiger partial charge < -0.3 is 15.0 Å². The molecule has 5 heteroatoms. The number of amides is 1. The van der Waals surface area contributed by atoms with E-state index in [-0.39, 0.29) is 30.3 Å². The number of carbonyl (C=O) groups is 2. The lowest BCUT2D eigenvalue weighted by Crippen LogP contribution is -2.38. The maximum absolute atomic E-state index is 12.5. The summed E-state index contributed by atoms with van der Waals surface area (Å²) < 4.78 is 0. The van der Waals surface area contributed by atoms with Crippen LogP contribution in [-0.4, -0.2) is 46.4 Å². The van der Waals surface area contributed by atoms with Crippen LogP contribution in [0.3, 0.4) is 0 Å². The van der Waals surface area contributed by atoms with Crippen LogP contribution in [0.5, 0.6) is 0 Å². The van der Waals surface area contributed by atoms with Crippen LogP contribution in [0.15, 0.2) is 0 Å². The molecule has 0 aromatic carbocycles. The average Bonchev–Trinajstić information content (AvgIpc) is 2.73. The minimum atomic E-state index is -0.271. The van der Waals surface area contributed by atoms with Gasteiger partial charge >= 0.3 is 0 Å². The van der Waals surface area contributed by atoms with E-state index < -0.39 is 0 Å². The van der Waals surface area contributed by atoms with E-state index in [0.29, 0.717) is 11.3 Å². The van der Waals surface area contributed by atoms with E-state index in [1.807, 2.05) is 13.8 Å². The smallest absolute Gasteiger partial charge is 0.270 e. The van der Waals surface area contributed by atoms with E-state index in [0.717, 1.165) is 11.3 Å². The summed E-state index contributed by atoms with van der Waals surface area (Å²) in [5.74, 6) is -0.180. The third kappa shape index (κ3) is 2.93. The lowest BCUT2D eigenvalue weighted by Gasteiger charge is -2.23. The second-order valence-electron chi connectivity index (χ2n) is 5.57. The van der Waals surface area contributed by atoms with Crippen LogP contribution in [0.2, 0.25) is 0 Å². The second kappa shape index (κ2) is 6.22. The van der Waals surface area contributed by atoms with Gasteiger partial charge in [0.05, 0.1) is 12.6 Å². The van der Waals surface area contributed by atoms with E-state index in [1.165, 1.54) is 11.8 Å². The molecule has 1 atom stereocenters. The van der Waals surface area contributed by atoms with E-state index in [4.69, 9.17) is 5.11 Å². The van der Waals surface area contributed by atoms with E-state index in [9.17, 15) is 9.59 Å². The molecule has 0 aliphatic rings. The van der Waals surface area contributed by atoms with Crippen LogP contribution in [-0.2, 0) is 0 Å². The van der Waals surface area contributed by atoms with Crippen molar-refractivity contribution in [2.24, 2.45) is 0 Å². The molecule has 0 aliphatic carbocycles. The minimum Gasteiger partial charge on any atom is -0.394 e. The Morgan fingerprint density at radius 3 is 2.25 bits per heavy atom. The number of aromatic nitrogens is 1. The molecule has 2 N–H and O–H groups in total. The Morgan fingerprint density at radius 2 is 1.85 bits per heavy atom. The molecule has 1 rings (SSSR count). The molecule has 0 fully saturated rings. The number of aryl methyl sites for hydroxylation is 1. The summed E-state index contributed by atoms with van der Waals surface area (Å²) in [6, 6.07) is -0.271. The number of aliphatic hydroxyl groups is 1. The number of Topliss-reactive ketones (excluding diaryl/α,β-unsaturated/α-hetero) is 1. The Morgan fingerprint density at radius 1 is 1.30 bits per heavy atom. The molecule has 1 aromatic rings. The van der Waals surface area contributed by atoms with Gasteiger partial charge in [0.15, 0.2) is 5.78 Å². The van der Waals surface area contributed by atoms with Crippen LogP contribution in [0.1, 0.15) is 65.7 Å². The lowest BCUT2D eigenvalue weighted by molar-refractivity contribution is 0.0675. The molecule has 1 unspecified atom stereocenters. The SMILES string of the molecule is CC(=O)c1c(C)[nH]c(C(=O)N(C)C(C)CO)c1C(C)C. The van der Waals surface area contributed by atoms with Crippen molar-refractivity contribution in [3.63, 3.8) is 0 Å². The zero-order chi connectivity index (χ0) is 15.6. The Bertz CT molecular complexity index is 517. The fourth-order valence-electron chi connectivity index (χ4n) is 2.34. The van der Waals surface area contributed by atoms with Gasteiger partial charge in [-0.15, -0.1) is 0 Å². The highest BCUT2D eigenvalue weighted by Crippen LogP contribution is 2.28. The summed E-state index contributed by atoms with van der Waals surface area (Å²) in [6.45, 7) is 8.90. The first kappa shape index (κ1) is 16.4. The number of hydrogen-bond donors (Lipinski definition) is 2. The zero-order valence-electron chi connectivity index (χ0n) is 13.1. The first-order valence-corrected chi connectivity index (χ1v) is 6.83. The third-order valence-corrected chi connectivity index (χ3v) is 3.62. The van der Waals surface area contributed by atoms with Crippen LogP contribution in [0.25, 0.3) is 0 Å². The normalized spacial score (nSPS) is 12.6. The Balaban J connectivity index is 3.35. The number of nitrogens with one attached hydrogen (secondary N) is 1. The van der Waals surface area contributed by atoms with Gasteiger partial charge in [-0.05, 0) is 32.3 Å². The fourth-order valence-corrected chi connectivity index (χ4v) is 2.34. The van der Waals surface area contributed by atoms with Crippen LogP contribution in [0.4, 0.5) is 0 Å². The fraction of sp³-hybridized carbons (Fsp3) is 0.600. The van der Waals surface area contributed by atoms with Crippen molar-refractivity contribution in [1.29, 1.82) is 0 Å². The van der Waals surface area contributed by atoms with Crippen LogP contribution in [0, 0.1) is 6.92 Å². The molecule has 20 heavy (non-hydrogen) atoms. The van der Waals surface area contributed by atoms with Gasteiger partial charge in [0.2, 0.25) is 0 Å². The topological polar surface area (TPSA) is 73.4 Å². The molecule has 0 saturated carbocycles. The van der Waals surface area contributed by atoms with Crippen LogP contribution >= 0.6 is 0 Å². The number of aromatic amines is 1. The number of hydrogen-bond acceptors (Lipinski definition) is 3. The molecule has 112 valence electrons. The molecule has 5 nitrogen and oxygen atoms in total. The monoisotopic (exact) mass is 280 g/mol. The van der Waals surface area contributed by atoms with Gasteiger partial charge in [-0.3, -0.25) is 9.59 Å². The second-order valence-corrected chi connectivity index (χ2v) is 5.57. The van der Waals surface area contributed by atoms with Gasteiger partial charge in [0.25, 0.3) is 5.91 Å². The van der Waals surface area contributed by atoms with Gasteiger partial charge in [-0.2, -0.15) is 0 Å². The summed E-state index contributed by atoms with van der Waals surface area (Å²) in [5, 5.41) is 9.17. The van der Waals surface area contributed by atoms with E-state index in [2.05, 4.69) is 4.98 Å². The average molecular weight is 280 g/mol. The Hall–Kier alpha value is -1.62. The maximum atomic E-state index is 12.5. The van der Waals surface area contributed by atoms with Crippen molar-refractivity contribution < 1.29 is 14.7 Å². The molecule has 1 aromatic heterocycles. The van der Waals surface area contributed by atoms with Crippen molar-refractivity contribution in [2.75, 3.05) is 13.7 Å². The maximum Gasteiger partial charge on any atom is 0.270 e. The summed E-state index contributed by atoms with van der Waals surface area (Å²) in [5.41, 5.74) is 2.53. The summed E-state index contributed by atoms with van der Waals surface area (Å²) in [4.78, 5) is 28.9. The number of likely N-dealkylation sites (N-methyl/N-ethyl adjacent to an activating group) is 1. The molecule has 0 radical (unpaired) electrons. The highest BCUT2D eigenvalue weighted by molar-refractivity contribution is 6.03. The first-order chi connectivity index (χ1) is 9.22. The lowest BCUT2D eigenvalue weighted by atomic mass is 9.95. The molecular weight excluding hydrogens is 256 g/mol. The highest BCUT2D eigenvalue weighted by atomic mass is 16.3. The molecule has 0 aliphatic heterocycles. The Kier molecular flexibility index (Phi) is 5.11. The third-order valence-electron chi connectivity index (χ3n) is 3.62. The van der Waals surface area contributed by atoms with Crippen molar-refractivity contribution >= 4 is 11.7 Å². The number of nitrogens with zero attached hydrogens (tertiary/aromatic N) is 1. The summed E-state index contributed by atoms with van der Waals surface area (Å²) in [6.07, 6.45) is 0. The zero-order valence-corrected chi connectivity index (χ0v) is 13.1. The molecule has 0 saturated heterocycles. The predicted octanol–water partition coefficient (Wildman–Crippen LogP) is 2.10. The van der Waals surface area contributed by atoms with Crippen molar-refractivity contribution in [3.05, 3.63) is 22.5 Å². The van der Waals surface area contributed by atoms with Gasteiger partial charge in [0, 0.05) is 18.3 Å². The number of carbonyl (C=O) groups excluding carboxylic acids is 2. The van der Waals surface area contributed by atoms with E-state index in [1.54, 1.807) is 20.9 Å². The predicted molar refractivity (Wildman–Crippen MR) is 78.3 cm³/mol. The van der Waals surface area contributed by atoms with Crippen molar-refractivity contribution in [1.82, 2.24) is 9.88 Å². The largest absolute Gasteiger partial charge is 0.394 e. The van der Waals surface area contributed by atoms with E-state index >= 15 is 0 Å². The minimum absolute atomic E-state index is 0.0423. The Labute approximate surface area is 120 Å². The first-order valence-electron chi connectivity index (χ1n) is 6.83. The highest BCUT2D eigenvalue weighted by Gasteiger charge is 2.27. The number of ketones is 1. The van der Waals surface area contributed by atoms with Crippen LogP contribution < -0.4 is 0 Å². The molecular formula is C15H24N2O3.